The molecule has 0 unspecified atom stereocenters. The molecule has 0 saturated carbocycles. The molecule has 0 radical (unpaired) electrons. The summed E-state index contributed by atoms with van der Waals surface area (Å²) in [6.45, 7) is -2.13. The van der Waals surface area contributed by atoms with Gasteiger partial charge in [-0.25, -0.2) is 8.78 Å². The molecule has 0 atom stereocenters. The minimum absolute atomic E-state index is 0.0341. The number of aliphatic hydroxyl groups excluding tert-OH is 1. The molecule has 0 spiro atoms. The highest BCUT2D eigenvalue weighted by atomic mass is 19.3. The highest BCUT2D eigenvalue weighted by Gasteiger charge is 2.28. The molecule has 0 fully saturated rings. The number of hydrogen-bond donors (Lipinski definition) is 2. The fraction of sp³-hybridized carbons (Fsp3) is 0.267. The van der Waals surface area contributed by atoms with E-state index in [1.165, 1.54) is 0 Å². The minimum atomic E-state index is -3.28. The van der Waals surface area contributed by atoms with Crippen molar-refractivity contribution in [2.45, 2.75) is 12.3 Å². The molecule has 2 aromatic carbocycles. The Bertz CT molecular complexity index is 614. The van der Waals surface area contributed by atoms with Gasteiger partial charge in [0.05, 0.1) is 13.0 Å². The Morgan fingerprint density at radius 1 is 1.15 bits per heavy atom. The fourth-order valence-electron chi connectivity index (χ4n) is 1.88. The maximum atomic E-state index is 12.8. The average Bonchev–Trinajstić information content (AvgIpc) is 2.45. The van der Waals surface area contributed by atoms with E-state index in [0.29, 0.717) is 0 Å². The standard InChI is InChI=1S/C15H15F2NO2/c16-15(17,10-19)9-18-14(20)8-11-5-6-12-3-1-2-4-13(12)7-11/h1-7,19H,8-10H2,(H,18,20). The van der Waals surface area contributed by atoms with Gasteiger partial charge in [-0.2, -0.15) is 0 Å². The second-order valence-electron chi connectivity index (χ2n) is 4.65. The summed E-state index contributed by atoms with van der Waals surface area (Å²) in [6.07, 6.45) is 0.0341. The Kier molecular flexibility index (Phi) is 4.29. The number of rotatable bonds is 5. The zero-order chi connectivity index (χ0) is 14.6. The van der Waals surface area contributed by atoms with E-state index in [0.717, 1.165) is 16.3 Å². The smallest absolute Gasteiger partial charge is 0.287 e. The first-order chi connectivity index (χ1) is 9.50. The van der Waals surface area contributed by atoms with E-state index in [9.17, 15) is 13.6 Å². The summed E-state index contributed by atoms with van der Waals surface area (Å²) in [4.78, 5) is 11.6. The molecule has 0 heterocycles. The van der Waals surface area contributed by atoms with Gasteiger partial charge in [0.25, 0.3) is 5.92 Å². The summed E-state index contributed by atoms with van der Waals surface area (Å²) in [6, 6.07) is 13.3. The molecule has 1 amide bonds. The van der Waals surface area contributed by atoms with Crippen LogP contribution in [0.4, 0.5) is 8.78 Å². The number of hydrogen-bond acceptors (Lipinski definition) is 2. The van der Waals surface area contributed by atoms with Gasteiger partial charge in [0.1, 0.15) is 6.61 Å². The number of alkyl halides is 2. The molecule has 0 aliphatic rings. The molecular formula is C15H15F2NO2. The normalized spacial score (nSPS) is 11.6. The van der Waals surface area contributed by atoms with Gasteiger partial charge in [0.15, 0.2) is 0 Å². The van der Waals surface area contributed by atoms with Crippen LogP contribution in [0.2, 0.25) is 0 Å². The zero-order valence-corrected chi connectivity index (χ0v) is 10.8. The predicted molar refractivity (Wildman–Crippen MR) is 72.7 cm³/mol. The third-order valence-electron chi connectivity index (χ3n) is 2.95. The lowest BCUT2D eigenvalue weighted by atomic mass is 10.0. The van der Waals surface area contributed by atoms with E-state index in [1.54, 1.807) is 6.07 Å². The summed E-state index contributed by atoms with van der Waals surface area (Å²) in [5.41, 5.74) is 0.758. The van der Waals surface area contributed by atoms with E-state index in [4.69, 9.17) is 5.11 Å². The SMILES string of the molecule is O=C(Cc1ccc2ccccc2c1)NCC(F)(F)CO. The monoisotopic (exact) mass is 279 g/mol. The maximum Gasteiger partial charge on any atom is 0.287 e. The Balaban J connectivity index is 1.99. The first kappa shape index (κ1) is 14.4. The van der Waals surface area contributed by atoms with Gasteiger partial charge in [-0.1, -0.05) is 42.5 Å². The van der Waals surface area contributed by atoms with E-state index in [2.05, 4.69) is 5.32 Å². The number of amides is 1. The van der Waals surface area contributed by atoms with Crippen LogP contribution in [-0.2, 0) is 11.2 Å². The molecule has 0 saturated heterocycles. The van der Waals surface area contributed by atoms with Crippen molar-refractivity contribution in [1.29, 1.82) is 0 Å². The second kappa shape index (κ2) is 5.96. The van der Waals surface area contributed by atoms with Crippen molar-refractivity contribution in [3.05, 3.63) is 48.0 Å². The van der Waals surface area contributed by atoms with Crippen LogP contribution >= 0.6 is 0 Å². The molecular weight excluding hydrogens is 264 g/mol. The molecule has 20 heavy (non-hydrogen) atoms. The summed E-state index contributed by atoms with van der Waals surface area (Å²) in [5.74, 6) is -3.77. The van der Waals surface area contributed by atoms with Gasteiger partial charge in [-0.15, -0.1) is 0 Å². The summed E-state index contributed by atoms with van der Waals surface area (Å²) in [5, 5.41) is 12.6. The Morgan fingerprint density at radius 3 is 2.55 bits per heavy atom. The van der Waals surface area contributed by atoms with E-state index < -0.39 is 25.0 Å². The minimum Gasteiger partial charge on any atom is -0.390 e. The summed E-state index contributed by atoms with van der Waals surface area (Å²) in [7, 11) is 0. The molecule has 5 heteroatoms. The van der Waals surface area contributed by atoms with Crippen LogP contribution in [-0.4, -0.2) is 30.1 Å². The first-order valence-corrected chi connectivity index (χ1v) is 6.23. The maximum absolute atomic E-state index is 12.8. The molecule has 106 valence electrons. The molecule has 0 aliphatic heterocycles. The van der Waals surface area contributed by atoms with Crippen LogP contribution in [0.5, 0.6) is 0 Å². The van der Waals surface area contributed by atoms with Crippen molar-refractivity contribution in [3.8, 4) is 0 Å². The molecule has 0 bridgehead atoms. The Morgan fingerprint density at radius 2 is 1.85 bits per heavy atom. The lowest BCUT2D eigenvalue weighted by Crippen LogP contribution is -2.39. The van der Waals surface area contributed by atoms with Crippen LogP contribution in [0.15, 0.2) is 42.5 Å². The number of carbonyl (C=O) groups is 1. The lowest BCUT2D eigenvalue weighted by molar-refractivity contribution is -0.123. The third-order valence-corrected chi connectivity index (χ3v) is 2.95. The Labute approximate surface area is 115 Å². The van der Waals surface area contributed by atoms with Gasteiger partial charge >= 0.3 is 0 Å². The van der Waals surface area contributed by atoms with Gasteiger partial charge < -0.3 is 10.4 Å². The number of fused-ring (bicyclic) bond motifs is 1. The quantitative estimate of drug-likeness (QED) is 0.881. The zero-order valence-electron chi connectivity index (χ0n) is 10.8. The van der Waals surface area contributed by atoms with Crippen molar-refractivity contribution >= 4 is 16.7 Å². The van der Waals surface area contributed by atoms with Gasteiger partial charge in [-0.3, -0.25) is 4.79 Å². The van der Waals surface area contributed by atoms with Crippen molar-refractivity contribution in [1.82, 2.24) is 5.32 Å². The number of aliphatic hydroxyl groups is 1. The van der Waals surface area contributed by atoms with Crippen LogP contribution in [0.3, 0.4) is 0 Å². The predicted octanol–water partition coefficient (Wildman–Crippen LogP) is 2.13. The summed E-state index contributed by atoms with van der Waals surface area (Å²) >= 11 is 0. The first-order valence-electron chi connectivity index (χ1n) is 6.23. The Hall–Kier alpha value is -2.01. The van der Waals surface area contributed by atoms with Crippen LogP contribution in [0, 0.1) is 0 Å². The lowest BCUT2D eigenvalue weighted by Gasteiger charge is -2.14. The molecule has 0 aliphatic carbocycles. The van der Waals surface area contributed by atoms with Gasteiger partial charge in [0.2, 0.25) is 5.91 Å². The molecule has 0 aromatic heterocycles. The molecule has 2 rings (SSSR count). The van der Waals surface area contributed by atoms with Gasteiger partial charge in [0, 0.05) is 0 Å². The number of benzene rings is 2. The highest BCUT2D eigenvalue weighted by molar-refractivity contribution is 5.85. The number of halogens is 2. The second-order valence-corrected chi connectivity index (χ2v) is 4.65. The third kappa shape index (κ3) is 3.74. The van der Waals surface area contributed by atoms with Gasteiger partial charge in [-0.05, 0) is 16.3 Å². The molecule has 2 aromatic rings. The largest absolute Gasteiger partial charge is 0.390 e. The fourth-order valence-corrected chi connectivity index (χ4v) is 1.88. The highest BCUT2D eigenvalue weighted by Crippen LogP contribution is 2.16. The van der Waals surface area contributed by atoms with Crippen molar-refractivity contribution in [3.63, 3.8) is 0 Å². The number of carbonyl (C=O) groups excluding carboxylic acids is 1. The van der Waals surface area contributed by atoms with Crippen molar-refractivity contribution in [2.75, 3.05) is 13.2 Å². The van der Waals surface area contributed by atoms with E-state index >= 15 is 0 Å². The number of nitrogens with one attached hydrogen (secondary N) is 1. The van der Waals surface area contributed by atoms with Crippen LogP contribution in [0.25, 0.3) is 10.8 Å². The molecule has 3 nitrogen and oxygen atoms in total. The average molecular weight is 279 g/mol. The topological polar surface area (TPSA) is 49.3 Å². The van der Waals surface area contributed by atoms with Crippen LogP contribution < -0.4 is 5.32 Å². The van der Waals surface area contributed by atoms with E-state index in [1.807, 2.05) is 36.4 Å². The van der Waals surface area contributed by atoms with Crippen molar-refractivity contribution in [2.24, 2.45) is 0 Å². The van der Waals surface area contributed by atoms with Crippen LogP contribution in [0.1, 0.15) is 5.56 Å². The van der Waals surface area contributed by atoms with E-state index in [-0.39, 0.29) is 6.42 Å². The van der Waals surface area contributed by atoms with Crippen molar-refractivity contribution < 1.29 is 18.7 Å². The summed E-state index contributed by atoms with van der Waals surface area (Å²) < 4.78 is 25.6. The molecule has 2 N–H and O–H groups in total.